The number of aromatic nitrogens is 5. The third-order valence-corrected chi connectivity index (χ3v) is 8.30. The van der Waals surface area contributed by atoms with Crippen LogP contribution in [0, 0.1) is 6.92 Å². The summed E-state index contributed by atoms with van der Waals surface area (Å²) >= 11 is 8.26. The summed E-state index contributed by atoms with van der Waals surface area (Å²) in [5.74, 6) is -0.254. The first-order valence-electron chi connectivity index (χ1n) is 11.6. The van der Waals surface area contributed by atoms with Gasteiger partial charge in [-0.2, -0.15) is 10.1 Å². The summed E-state index contributed by atoms with van der Waals surface area (Å²) in [7, 11) is 0. The number of fused-ring (bicyclic) bond motifs is 2. The number of nitrogens with one attached hydrogen (secondary N) is 1. The van der Waals surface area contributed by atoms with Gasteiger partial charge in [-0.05, 0) is 37.5 Å². The summed E-state index contributed by atoms with van der Waals surface area (Å²) in [5.41, 5.74) is 15.7. The maximum absolute atomic E-state index is 12.5. The molecule has 11 heteroatoms. The molecule has 0 unspecified atom stereocenters. The fourth-order valence-electron chi connectivity index (χ4n) is 4.86. The van der Waals surface area contributed by atoms with Crippen molar-refractivity contribution in [1.29, 1.82) is 0 Å². The summed E-state index contributed by atoms with van der Waals surface area (Å²) in [6.45, 7) is 3.21. The van der Waals surface area contributed by atoms with Gasteiger partial charge in [0.2, 0.25) is 5.95 Å². The van der Waals surface area contributed by atoms with Crippen LogP contribution < -0.4 is 16.4 Å². The van der Waals surface area contributed by atoms with E-state index in [1.165, 1.54) is 11.3 Å². The van der Waals surface area contributed by atoms with Crippen LogP contribution in [0.3, 0.4) is 0 Å². The van der Waals surface area contributed by atoms with E-state index in [-0.39, 0.29) is 5.69 Å². The zero-order valence-electron chi connectivity index (χ0n) is 19.5. The van der Waals surface area contributed by atoms with E-state index in [1.807, 2.05) is 42.2 Å². The number of nitrogens with two attached hydrogens (primary N) is 2. The van der Waals surface area contributed by atoms with Crippen LogP contribution in [-0.2, 0) is 5.54 Å². The van der Waals surface area contributed by atoms with Crippen LogP contribution in [-0.4, -0.2) is 44.1 Å². The molecule has 3 aromatic heterocycles. The molecule has 36 heavy (non-hydrogen) atoms. The number of benzene rings is 2. The lowest BCUT2D eigenvalue weighted by atomic mass is 9.82. The molecule has 0 radical (unpaired) electrons. The molecule has 1 aliphatic heterocycles. The summed E-state index contributed by atoms with van der Waals surface area (Å²) in [6, 6.07) is 13.9. The zero-order chi connectivity index (χ0) is 25.0. The number of nitrogens with zero attached hydrogens (tertiary/aromatic N) is 5. The molecule has 0 spiro atoms. The zero-order valence-corrected chi connectivity index (χ0v) is 21.0. The van der Waals surface area contributed by atoms with E-state index in [9.17, 15) is 4.79 Å². The normalized spacial score (nSPS) is 15.6. The molecule has 4 heterocycles. The molecule has 5 aromatic rings. The Kier molecular flexibility index (Phi) is 5.40. The summed E-state index contributed by atoms with van der Waals surface area (Å²) < 4.78 is 0.865. The number of hydrogen-bond acceptors (Lipinski definition) is 8. The maximum Gasteiger partial charge on any atom is 0.268 e. The van der Waals surface area contributed by atoms with Gasteiger partial charge in [0.25, 0.3) is 5.91 Å². The highest BCUT2D eigenvalue weighted by molar-refractivity contribution is 7.19. The molecule has 1 fully saturated rings. The number of primary amides is 1. The topological polar surface area (TPSA) is 140 Å². The van der Waals surface area contributed by atoms with Crippen molar-refractivity contribution in [2.45, 2.75) is 25.3 Å². The van der Waals surface area contributed by atoms with Gasteiger partial charge in [0.15, 0.2) is 5.65 Å². The van der Waals surface area contributed by atoms with E-state index in [0.29, 0.717) is 46.4 Å². The number of thiazole rings is 1. The molecule has 1 aliphatic rings. The highest BCUT2D eigenvalue weighted by Crippen LogP contribution is 2.40. The lowest BCUT2D eigenvalue weighted by molar-refractivity contribution is 0.0997. The second-order valence-corrected chi connectivity index (χ2v) is 10.6. The van der Waals surface area contributed by atoms with Crippen molar-refractivity contribution in [1.82, 2.24) is 25.1 Å². The van der Waals surface area contributed by atoms with Gasteiger partial charge in [0.05, 0.1) is 31.3 Å². The predicted octanol–water partition coefficient (Wildman–Crippen LogP) is 4.14. The number of piperidine rings is 1. The first kappa shape index (κ1) is 22.8. The van der Waals surface area contributed by atoms with Gasteiger partial charge in [-0.1, -0.05) is 41.9 Å². The highest BCUT2D eigenvalue weighted by atomic mass is 35.5. The number of aromatic amines is 1. The fourth-order valence-corrected chi connectivity index (χ4v) is 6.08. The van der Waals surface area contributed by atoms with Crippen molar-refractivity contribution >= 4 is 56.0 Å². The molecule has 0 saturated carbocycles. The van der Waals surface area contributed by atoms with Gasteiger partial charge >= 0.3 is 0 Å². The summed E-state index contributed by atoms with van der Waals surface area (Å²) in [6.07, 6.45) is 1.44. The number of carbonyl (C=O) groups is 1. The number of amides is 1. The Morgan fingerprint density at radius 3 is 2.58 bits per heavy atom. The summed E-state index contributed by atoms with van der Waals surface area (Å²) in [5, 5.41) is 9.28. The van der Waals surface area contributed by atoms with Crippen LogP contribution >= 0.6 is 22.9 Å². The largest absolute Gasteiger partial charge is 0.364 e. The van der Waals surface area contributed by atoms with Crippen molar-refractivity contribution in [2.24, 2.45) is 11.5 Å². The molecule has 5 N–H and O–H groups in total. The summed E-state index contributed by atoms with van der Waals surface area (Å²) in [4.78, 5) is 28.3. The number of aryl methyl sites for hydroxylation is 1. The third kappa shape index (κ3) is 3.69. The molecule has 2 aromatic carbocycles. The standard InChI is InChI=1S/C25H23ClN8OS/c1-13-29-16-8-7-15(18(26)21(16)36-13)19-17-20(22(27)35)30-24(31-23(17)33-32-19)34-11-9-25(28,10-12-34)14-5-3-2-4-6-14/h2-8H,9-12,28H2,1H3,(H2,27,35)(H,30,31,32,33). The molecular formula is C25H23ClN8OS. The van der Waals surface area contributed by atoms with E-state index in [4.69, 9.17) is 23.1 Å². The van der Waals surface area contributed by atoms with Crippen molar-refractivity contribution in [3.8, 4) is 11.3 Å². The van der Waals surface area contributed by atoms with Gasteiger partial charge in [-0.25, -0.2) is 9.97 Å². The van der Waals surface area contributed by atoms with Gasteiger partial charge in [0.1, 0.15) is 5.69 Å². The maximum atomic E-state index is 12.5. The van der Waals surface area contributed by atoms with Crippen molar-refractivity contribution in [3.63, 3.8) is 0 Å². The Morgan fingerprint density at radius 2 is 1.86 bits per heavy atom. The highest BCUT2D eigenvalue weighted by Gasteiger charge is 2.34. The number of H-pyrrole nitrogens is 1. The smallest absolute Gasteiger partial charge is 0.268 e. The fraction of sp³-hybridized carbons (Fsp3) is 0.240. The predicted molar refractivity (Wildman–Crippen MR) is 142 cm³/mol. The minimum absolute atomic E-state index is 0.100. The lowest BCUT2D eigenvalue weighted by Crippen LogP contribution is -2.48. The minimum atomic E-state index is -0.661. The van der Waals surface area contributed by atoms with E-state index in [2.05, 4.69) is 37.3 Å². The quantitative estimate of drug-likeness (QED) is 0.324. The van der Waals surface area contributed by atoms with Gasteiger partial charge in [-0.15, -0.1) is 11.3 Å². The van der Waals surface area contributed by atoms with E-state index < -0.39 is 11.4 Å². The van der Waals surface area contributed by atoms with Crippen LogP contribution in [0.4, 0.5) is 5.95 Å². The number of rotatable bonds is 4. The van der Waals surface area contributed by atoms with Crippen LogP contribution in [0.15, 0.2) is 42.5 Å². The average molecular weight is 519 g/mol. The molecule has 0 bridgehead atoms. The molecule has 0 atom stereocenters. The van der Waals surface area contributed by atoms with Crippen LogP contribution in [0.2, 0.25) is 5.02 Å². The third-order valence-electron chi connectivity index (χ3n) is 6.80. The van der Waals surface area contributed by atoms with Crippen molar-refractivity contribution in [2.75, 3.05) is 18.0 Å². The second-order valence-electron chi connectivity index (χ2n) is 9.05. The van der Waals surface area contributed by atoms with E-state index >= 15 is 0 Å². The van der Waals surface area contributed by atoms with Crippen LogP contribution in [0.1, 0.15) is 33.9 Å². The van der Waals surface area contributed by atoms with Gasteiger partial charge < -0.3 is 16.4 Å². The molecule has 9 nitrogen and oxygen atoms in total. The Bertz CT molecular complexity index is 1620. The Morgan fingerprint density at radius 1 is 1.11 bits per heavy atom. The molecule has 0 aliphatic carbocycles. The number of carbonyl (C=O) groups excluding carboxylic acids is 1. The number of halogens is 1. The Labute approximate surface area is 215 Å². The van der Waals surface area contributed by atoms with Crippen molar-refractivity contribution < 1.29 is 4.79 Å². The number of hydrogen-bond donors (Lipinski definition) is 3. The van der Waals surface area contributed by atoms with Gasteiger partial charge in [0, 0.05) is 24.2 Å². The average Bonchev–Trinajstić information content (AvgIpc) is 3.48. The van der Waals surface area contributed by atoms with E-state index in [0.717, 1.165) is 33.6 Å². The molecule has 182 valence electrons. The second kappa shape index (κ2) is 8.51. The first-order chi connectivity index (χ1) is 17.3. The van der Waals surface area contributed by atoms with Crippen molar-refractivity contribution in [3.05, 3.63) is 63.8 Å². The monoisotopic (exact) mass is 518 g/mol. The van der Waals surface area contributed by atoms with E-state index in [1.54, 1.807) is 0 Å². The van der Waals surface area contributed by atoms with Crippen LogP contribution in [0.5, 0.6) is 0 Å². The molecular weight excluding hydrogens is 496 g/mol. The minimum Gasteiger partial charge on any atom is -0.364 e. The lowest BCUT2D eigenvalue weighted by Gasteiger charge is -2.39. The SMILES string of the molecule is Cc1nc2ccc(-c3[nH]nc4nc(N5CCC(N)(c6ccccc6)CC5)nc(C(N)=O)c34)c(Cl)c2s1. The Hall–Kier alpha value is -3.60. The molecule has 6 rings (SSSR count). The Balaban J connectivity index is 1.38. The number of anilines is 1. The molecule has 1 amide bonds. The first-order valence-corrected chi connectivity index (χ1v) is 12.7. The molecule has 1 saturated heterocycles. The van der Waals surface area contributed by atoms with Crippen LogP contribution in [0.25, 0.3) is 32.5 Å². The van der Waals surface area contributed by atoms with Gasteiger partial charge in [-0.3, -0.25) is 9.89 Å².